The molecule has 19 heavy (non-hydrogen) atoms. The highest BCUT2D eigenvalue weighted by Crippen LogP contribution is 2.45. The zero-order valence-electron chi connectivity index (χ0n) is 10.2. The molecule has 1 atom stereocenters. The smallest absolute Gasteiger partial charge is 0.406 e. The largest absolute Gasteiger partial charge is 0.481 e. The minimum Gasteiger partial charge on any atom is -0.481 e. The first-order chi connectivity index (χ1) is 8.74. The zero-order chi connectivity index (χ0) is 14.7. The molecule has 0 aromatic rings. The van der Waals surface area contributed by atoms with E-state index in [4.69, 9.17) is 5.11 Å². The lowest BCUT2D eigenvalue weighted by Gasteiger charge is -2.27. The van der Waals surface area contributed by atoms with Crippen molar-refractivity contribution < 1.29 is 27.9 Å². The normalized spacial score (nSPS) is 23.2. The predicted octanol–water partition coefficient (Wildman–Crippen LogP) is 1.61. The van der Waals surface area contributed by atoms with Crippen molar-refractivity contribution in [2.24, 2.45) is 5.41 Å². The van der Waals surface area contributed by atoms with Gasteiger partial charge in [0.25, 0.3) is 0 Å². The molecule has 1 saturated heterocycles. The van der Waals surface area contributed by atoms with Crippen molar-refractivity contribution in [1.82, 2.24) is 10.2 Å². The summed E-state index contributed by atoms with van der Waals surface area (Å²) in [6.45, 7) is 2.61. The molecule has 1 aliphatic rings. The van der Waals surface area contributed by atoms with Crippen molar-refractivity contribution in [3.8, 4) is 0 Å². The number of hydrogen-bond donors (Lipinski definition) is 2. The average Bonchev–Trinajstić information content (AvgIpc) is 2.74. The second-order valence-corrected chi connectivity index (χ2v) is 4.37. The van der Waals surface area contributed by atoms with Gasteiger partial charge in [0, 0.05) is 19.6 Å². The maximum Gasteiger partial charge on any atom is 0.406 e. The van der Waals surface area contributed by atoms with Crippen LogP contribution in [0.2, 0.25) is 0 Å². The van der Waals surface area contributed by atoms with Crippen LogP contribution in [0.4, 0.5) is 18.0 Å². The van der Waals surface area contributed by atoms with Gasteiger partial charge in [0.15, 0.2) is 5.41 Å². The summed E-state index contributed by atoms with van der Waals surface area (Å²) in [5, 5.41) is 11.2. The summed E-state index contributed by atoms with van der Waals surface area (Å²) >= 11 is 0. The fourth-order valence-corrected chi connectivity index (χ4v) is 1.90. The van der Waals surface area contributed by atoms with Crippen molar-refractivity contribution in [2.75, 3.05) is 19.6 Å². The van der Waals surface area contributed by atoms with Crippen LogP contribution in [-0.2, 0) is 4.79 Å². The number of nitrogens with zero attached hydrogens (tertiary/aromatic N) is 1. The van der Waals surface area contributed by atoms with E-state index in [1.54, 1.807) is 6.08 Å². The van der Waals surface area contributed by atoms with Crippen molar-refractivity contribution in [1.29, 1.82) is 0 Å². The third-order valence-corrected chi connectivity index (χ3v) is 3.13. The molecule has 0 aliphatic carbocycles. The lowest BCUT2D eigenvalue weighted by molar-refractivity contribution is -0.226. The first-order valence-electron chi connectivity index (χ1n) is 5.68. The van der Waals surface area contributed by atoms with Crippen molar-refractivity contribution >= 4 is 12.0 Å². The molecular weight excluding hydrogens is 265 g/mol. The van der Waals surface area contributed by atoms with Gasteiger partial charge in [-0.15, -0.1) is 6.58 Å². The van der Waals surface area contributed by atoms with Gasteiger partial charge in [-0.3, -0.25) is 4.79 Å². The predicted molar refractivity (Wildman–Crippen MR) is 60.5 cm³/mol. The minimum absolute atomic E-state index is 0.230. The Morgan fingerprint density at radius 3 is 2.53 bits per heavy atom. The number of nitrogens with one attached hydrogen (secondary N) is 1. The first kappa shape index (κ1) is 15.3. The molecule has 1 fully saturated rings. The van der Waals surface area contributed by atoms with Gasteiger partial charge in [-0.05, 0) is 12.8 Å². The molecule has 1 unspecified atom stereocenters. The quantitative estimate of drug-likeness (QED) is 0.607. The molecular formula is C11H15F3N2O3. The monoisotopic (exact) mass is 280 g/mol. The number of carboxylic acid groups (broad SMARTS) is 1. The SMILES string of the molecule is C=CCCNC(=O)N1CCC(C(=O)O)(C(F)(F)F)C1. The fraction of sp³-hybridized carbons (Fsp3) is 0.636. The number of carbonyl (C=O) groups excluding carboxylic acids is 1. The van der Waals surface area contributed by atoms with Gasteiger partial charge in [0.1, 0.15) is 0 Å². The number of carbonyl (C=O) groups is 2. The molecule has 2 amide bonds. The summed E-state index contributed by atoms with van der Waals surface area (Å²) in [6, 6.07) is -0.686. The lowest BCUT2D eigenvalue weighted by Crippen LogP contribution is -2.49. The third kappa shape index (κ3) is 2.99. The summed E-state index contributed by atoms with van der Waals surface area (Å²) in [5.74, 6) is -1.94. The average molecular weight is 280 g/mol. The van der Waals surface area contributed by atoms with Gasteiger partial charge in [-0.2, -0.15) is 13.2 Å². The van der Waals surface area contributed by atoms with E-state index < -0.39 is 36.6 Å². The van der Waals surface area contributed by atoms with Gasteiger partial charge in [-0.25, -0.2) is 4.79 Å². The van der Waals surface area contributed by atoms with E-state index in [2.05, 4.69) is 11.9 Å². The van der Waals surface area contributed by atoms with Crippen molar-refractivity contribution in [3.05, 3.63) is 12.7 Å². The van der Waals surface area contributed by atoms with Crippen LogP contribution < -0.4 is 5.32 Å². The molecule has 2 N–H and O–H groups in total. The molecule has 0 aromatic carbocycles. The summed E-state index contributed by atoms with van der Waals surface area (Å²) in [6.07, 6.45) is -3.46. The number of aliphatic carboxylic acids is 1. The minimum atomic E-state index is -4.88. The molecule has 1 heterocycles. The van der Waals surface area contributed by atoms with Crippen molar-refractivity contribution in [2.45, 2.75) is 19.0 Å². The Bertz CT molecular complexity index is 384. The number of likely N-dealkylation sites (tertiary alicyclic amines) is 1. The lowest BCUT2D eigenvalue weighted by atomic mass is 9.86. The topological polar surface area (TPSA) is 69.6 Å². The highest BCUT2D eigenvalue weighted by Gasteiger charge is 2.64. The second kappa shape index (κ2) is 5.50. The van der Waals surface area contributed by atoms with Crippen LogP contribution in [0.3, 0.4) is 0 Å². The van der Waals surface area contributed by atoms with E-state index in [0.29, 0.717) is 6.42 Å². The number of hydrogen-bond acceptors (Lipinski definition) is 2. The van der Waals surface area contributed by atoms with Crippen molar-refractivity contribution in [3.63, 3.8) is 0 Å². The van der Waals surface area contributed by atoms with E-state index in [1.165, 1.54) is 0 Å². The van der Waals surface area contributed by atoms with Crippen LogP contribution in [0.15, 0.2) is 12.7 Å². The maximum absolute atomic E-state index is 12.9. The molecule has 0 bridgehead atoms. The molecule has 0 saturated carbocycles. The number of amides is 2. The van der Waals surface area contributed by atoms with Gasteiger partial charge in [-0.1, -0.05) is 6.08 Å². The molecule has 1 aliphatic heterocycles. The molecule has 5 nitrogen and oxygen atoms in total. The molecule has 8 heteroatoms. The standard InChI is InChI=1S/C11H15F3N2O3/c1-2-3-5-15-9(19)16-6-4-10(7-16,8(17)18)11(12,13)14/h2H,1,3-7H2,(H,15,19)(H,17,18). The van der Waals surface area contributed by atoms with Gasteiger partial charge in [0.2, 0.25) is 0 Å². The number of urea groups is 1. The van der Waals surface area contributed by atoms with E-state index in [9.17, 15) is 22.8 Å². The highest BCUT2D eigenvalue weighted by molar-refractivity contribution is 5.80. The van der Waals surface area contributed by atoms with E-state index >= 15 is 0 Å². The Kier molecular flexibility index (Phi) is 4.43. The van der Waals surface area contributed by atoms with Gasteiger partial charge >= 0.3 is 18.2 Å². The van der Waals surface area contributed by atoms with Crippen LogP contribution >= 0.6 is 0 Å². The number of rotatable bonds is 4. The molecule has 108 valence electrons. The number of carboxylic acids is 1. The van der Waals surface area contributed by atoms with Crippen LogP contribution in [-0.4, -0.2) is 47.8 Å². The maximum atomic E-state index is 12.9. The van der Waals surface area contributed by atoms with E-state index in [1.807, 2.05) is 0 Å². The Labute approximate surface area is 108 Å². The molecule has 0 spiro atoms. The molecule has 0 aromatic heterocycles. The molecule has 1 rings (SSSR count). The Morgan fingerprint density at radius 2 is 2.11 bits per heavy atom. The fourth-order valence-electron chi connectivity index (χ4n) is 1.90. The van der Waals surface area contributed by atoms with Crippen LogP contribution in [0.1, 0.15) is 12.8 Å². The number of halogens is 3. The van der Waals surface area contributed by atoms with E-state index in [0.717, 1.165) is 4.90 Å². The second-order valence-electron chi connectivity index (χ2n) is 4.37. The molecule has 0 radical (unpaired) electrons. The van der Waals surface area contributed by atoms with Crippen LogP contribution in [0.5, 0.6) is 0 Å². The summed E-state index contributed by atoms with van der Waals surface area (Å²) < 4.78 is 38.6. The Morgan fingerprint density at radius 1 is 1.47 bits per heavy atom. The Hall–Kier alpha value is -1.73. The summed E-state index contributed by atoms with van der Waals surface area (Å²) in [5.41, 5.74) is -2.86. The third-order valence-electron chi connectivity index (χ3n) is 3.13. The zero-order valence-corrected chi connectivity index (χ0v) is 10.2. The Balaban J connectivity index is 2.72. The van der Waals surface area contributed by atoms with E-state index in [-0.39, 0.29) is 13.1 Å². The van der Waals surface area contributed by atoms with Gasteiger partial charge < -0.3 is 15.3 Å². The summed E-state index contributed by atoms with van der Waals surface area (Å²) in [7, 11) is 0. The van der Waals surface area contributed by atoms with Gasteiger partial charge in [0.05, 0.1) is 0 Å². The highest BCUT2D eigenvalue weighted by atomic mass is 19.4. The number of alkyl halides is 3. The first-order valence-corrected chi connectivity index (χ1v) is 5.68. The van der Waals surface area contributed by atoms with Crippen LogP contribution in [0, 0.1) is 5.41 Å². The van der Waals surface area contributed by atoms with Crippen LogP contribution in [0.25, 0.3) is 0 Å². The summed E-state index contributed by atoms with van der Waals surface area (Å²) in [4.78, 5) is 23.4.